The van der Waals surface area contributed by atoms with E-state index in [-0.39, 0.29) is 24.2 Å². The first-order valence-electron chi connectivity index (χ1n) is 9.83. The highest BCUT2D eigenvalue weighted by molar-refractivity contribution is 5.84. The van der Waals surface area contributed by atoms with Gasteiger partial charge in [-0.25, -0.2) is 0 Å². The molecule has 3 aromatic carbocycles. The summed E-state index contributed by atoms with van der Waals surface area (Å²) in [6.07, 6.45) is -4.19. The van der Waals surface area contributed by atoms with Gasteiger partial charge in [-0.1, -0.05) is 48.5 Å². The van der Waals surface area contributed by atoms with Crippen molar-refractivity contribution in [3.8, 4) is 28.4 Å². The van der Waals surface area contributed by atoms with Crippen molar-refractivity contribution >= 4 is 5.78 Å². The zero-order valence-electron chi connectivity index (χ0n) is 18.0. The highest BCUT2D eigenvalue weighted by atomic mass is 19.4. The quantitative estimate of drug-likeness (QED) is 0.444. The molecule has 4 nitrogen and oxygen atoms in total. The van der Waals surface area contributed by atoms with E-state index in [9.17, 15) is 18.0 Å². The summed E-state index contributed by atoms with van der Waals surface area (Å²) in [5, 5.41) is 0. The Kier molecular flexibility index (Phi) is 7.08. The van der Waals surface area contributed by atoms with Crippen LogP contribution in [0.3, 0.4) is 0 Å². The Labute approximate surface area is 184 Å². The molecule has 0 atom stereocenters. The Balaban J connectivity index is 1.77. The van der Waals surface area contributed by atoms with Crippen LogP contribution in [0.15, 0.2) is 60.7 Å². The zero-order valence-corrected chi connectivity index (χ0v) is 18.0. The molecule has 3 rings (SSSR count). The molecule has 7 heteroatoms. The second kappa shape index (κ2) is 9.77. The Morgan fingerprint density at radius 3 is 2.03 bits per heavy atom. The largest absolute Gasteiger partial charge is 0.493 e. The van der Waals surface area contributed by atoms with Gasteiger partial charge in [-0.05, 0) is 28.8 Å². The van der Waals surface area contributed by atoms with Crippen LogP contribution in [0.4, 0.5) is 13.2 Å². The van der Waals surface area contributed by atoms with Crippen molar-refractivity contribution in [2.45, 2.75) is 19.0 Å². The molecule has 0 saturated heterocycles. The van der Waals surface area contributed by atoms with E-state index in [4.69, 9.17) is 14.2 Å². The Bertz CT molecular complexity index is 1090. The number of methoxy groups -OCH3 is 3. The lowest BCUT2D eigenvalue weighted by Gasteiger charge is -2.15. The second-order valence-corrected chi connectivity index (χ2v) is 7.13. The first-order chi connectivity index (χ1) is 15.3. The van der Waals surface area contributed by atoms with Crippen LogP contribution in [-0.4, -0.2) is 27.1 Å². The number of rotatable bonds is 8. The van der Waals surface area contributed by atoms with Crippen molar-refractivity contribution in [3.63, 3.8) is 0 Å². The summed E-state index contributed by atoms with van der Waals surface area (Å²) in [5.41, 5.74) is 1.22. The van der Waals surface area contributed by atoms with Gasteiger partial charge in [0.05, 0.1) is 26.9 Å². The molecular formula is C25H23F3O4. The molecule has 0 aliphatic rings. The van der Waals surface area contributed by atoms with Crippen molar-refractivity contribution in [1.29, 1.82) is 0 Å². The molecule has 0 saturated carbocycles. The highest BCUT2D eigenvalue weighted by Crippen LogP contribution is 2.40. The van der Waals surface area contributed by atoms with E-state index in [1.807, 2.05) is 0 Å². The van der Waals surface area contributed by atoms with Crippen molar-refractivity contribution in [2.75, 3.05) is 21.3 Å². The number of alkyl halides is 3. The van der Waals surface area contributed by atoms with Gasteiger partial charge in [-0.3, -0.25) is 4.79 Å². The third kappa shape index (κ3) is 5.04. The van der Waals surface area contributed by atoms with Gasteiger partial charge in [0.15, 0.2) is 11.5 Å². The fraction of sp³-hybridized carbons (Fsp3) is 0.240. The molecule has 3 aromatic rings. The van der Waals surface area contributed by atoms with E-state index in [1.54, 1.807) is 42.5 Å². The molecular weight excluding hydrogens is 421 g/mol. The summed E-state index contributed by atoms with van der Waals surface area (Å²) in [5.74, 6) is 1.27. The molecule has 0 heterocycles. The van der Waals surface area contributed by atoms with Crippen molar-refractivity contribution < 1.29 is 32.2 Å². The molecule has 0 radical (unpaired) electrons. The molecule has 0 fully saturated rings. The van der Waals surface area contributed by atoms with Crippen molar-refractivity contribution in [1.82, 2.24) is 0 Å². The number of Topliss-reactive ketones (excluding diaryl/α,β-unsaturated/α-hetero) is 1. The highest BCUT2D eigenvalue weighted by Gasteiger charge is 2.33. The van der Waals surface area contributed by atoms with Gasteiger partial charge in [0, 0.05) is 18.4 Å². The first-order valence-corrected chi connectivity index (χ1v) is 9.83. The third-order valence-corrected chi connectivity index (χ3v) is 5.07. The van der Waals surface area contributed by atoms with Crippen LogP contribution in [0.2, 0.25) is 0 Å². The minimum Gasteiger partial charge on any atom is -0.493 e. The van der Waals surface area contributed by atoms with Crippen molar-refractivity contribution in [3.05, 3.63) is 77.4 Å². The van der Waals surface area contributed by atoms with Crippen LogP contribution < -0.4 is 14.2 Å². The monoisotopic (exact) mass is 444 g/mol. The van der Waals surface area contributed by atoms with Gasteiger partial charge < -0.3 is 14.2 Å². The second-order valence-electron chi connectivity index (χ2n) is 7.13. The maximum atomic E-state index is 13.3. The minimum absolute atomic E-state index is 0.0704. The summed E-state index contributed by atoms with van der Waals surface area (Å²) in [7, 11) is 4.49. The Morgan fingerprint density at radius 1 is 0.781 bits per heavy atom. The molecule has 0 aliphatic heterocycles. The minimum atomic E-state index is -4.44. The summed E-state index contributed by atoms with van der Waals surface area (Å²) >= 11 is 0. The molecule has 0 aromatic heterocycles. The van der Waals surface area contributed by atoms with E-state index in [0.717, 1.165) is 6.07 Å². The average Bonchev–Trinajstić information content (AvgIpc) is 2.78. The molecule has 0 aliphatic carbocycles. The maximum absolute atomic E-state index is 13.3. The maximum Gasteiger partial charge on any atom is 0.417 e. The normalized spacial score (nSPS) is 11.2. The van der Waals surface area contributed by atoms with E-state index in [0.29, 0.717) is 33.9 Å². The number of ether oxygens (including phenoxy) is 3. The lowest BCUT2D eigenvalue weighted by atomic mass is 9.96. The number of hydrogen-bond donors (Lipinski definition) is 0. The molecule has 32 heavy (non-hydrogen) atoms. The topological polar surface area (TPSA) is 44.8 Å². The van der Waals surface area contributed by atoms with Gasteiger partial charge in [0.25, 0.3) is 0 Å². The fourth-order valence-corrected chi connectivity index (χ4v) is 3.59. The summed E-state index contributed by atoms with van der Waals surface area (Å²) in [6.45, 7) is 0. The van der Waals surface area contributed by atoms with Gasteiger partial charge in [0.2, 0.25) is 5.75 Å². The van der Waals surface area contributed by atoms with Crippen LogP contribution in [0.5, 0.6) is 17.2 Å². The number of hydrogen-bond acceptors (Lipinski definition) is 4. The lowest BCUT2D eigenvalue weighted by molar-refractivity contribution is -0.137. The number of halogens is 3. The Hall–Kier alpha value is -3.48. The van der Waals surface area contributed by atoms with E-state index < -0.39 is 11.7 Å². The fourth-order valence-electron chi connectivity index (χ4n) is 3.59. The third-order valence-electron chi connectivity index (χ3n) is 5.07. The SMILES string of the molecule is COc1ccc(CC(=O)Cc2ccc(-c3ccccc3C(F)(F)F)cc2)c(OC)c1OC. The van der Waals surface area contributed by atoms with Crippen molar-refractivity contribution in [2.24, 2.45) is 0 Å². The van der Waals surface area contributed by atoms with Crippen LogP contribution >= 0.6 is 0 Å². The van der Waals surface area contributed by atoms with Gasteiger partial charge in [-0.2, -0.15) is 13.2 Å². The molecule has 0 N–H and O–H groups in total. The molecule has 0 spiro atoms. The van der Waals surface area contributed by atoms with E-state index >= 15 is 0 Å². The standard InChI is InChI=1S/C25H23F3O4/c1-30-22-13-12-18(23(31-2)24(22)32-3)15-19(29)14-16-8-10-17(11-9-16)20-6-4-5-7-21(20)25(26,27)28/h4-13H,14-15H2,1-3H3. The molecule has 0 bridgehead atoms. The number of benzene rings is 3. The number of ketones is 1. The van der Waals surface area contributed by atoms with Gasteiger partial charge >= 0.3 is 6.18 Å². The summed E-state index contributed by atoms with van der Waals surface area (Å²) in [4.78, 5) is 12.7. The Morgan fingerprint density at radius 2 is 1.44 bits per heavy atom. The summed E-state index contributed by atoms with van der Waals surface area (Å²) < 4.78 is 55.9. The van der Waals surface area contributed by atoms with Crippen LogP contribution in [0, 0.1) is 0 Å². The smallest absolute Gasteiger partial charge is 0.417 e. The predicted octanol–water partition coefficient (Wildman–Crippen LogP) is 5.75. The lowest BCUT2D eigenvalue weighted by Crippen LogP contribution is -2.09. The average molecular weight is 444 g/mol. The molecule has 168 valence electrons. The van der Waals surface area contributed by atoms with Crippen LogP contribution in [0.25, 0.3) is 11.1 Å². The number of carbonyl (C=O) groups excluding carboxylic acids is 1. The first kappa shape index (κ1) is 23.2. The molecule has 0 unspecified atom stereocenters. The van der Waals surface area contributed by atoms with Crippen LogP contribution in [0.1, 0.15) is 16.7 Å². The zero-order chi connectivity index (χ0) is 23.3. The van der Waals surface area contributed by atoms with Gasteiger partial charge in [-0.15, -0.1) is 0 Å². The number of carbonyl (C=O) groups is 1. The molecule has 0 amide bonds. The summed E-state index contributed by atoms with van der Waals surface area (Å²) in [6, 6.07) is 15.4. The van der Waals surface area contributed by atoms with Crippen LogP contribution in [-0.2, 0) is 23.8 Å². The van der Waals surface area contributed by atoms with E-state index in [1.165, 1.54) is 33.5 Å². The van der Waals surface area contributed by atoms with Gasteiger partial charge in [0.1, 0.15) is 5.78 Å². The van der Waals surface area contributed by atoms with E-state index in [2.05, 4.69) is 0 Å². The predicted molar refractivity (Wildman–Crippen MR) is 115 cm³/mol.